The van der Waals surface area contributed by atoms with Crippen LogP contribution in [-0.2, 0) is 7.05 Å². The number of para-hydroxylation sites is 2. The van der Waals surface area contributed by atoms with Crippen molar-refractivity contribution in [3.63, 3.8) is 0 Å². The lowest BCUT2D eigenvalue weighted by Crippen LogP contribution is -2.50. The van der Waals surface area contributed by atoms with Crippen LogP contribution in [-0.4, -0.2) is 28.7 Å². The Kier molecular flexibility index (Phi) is 1.89. The maximum absolute atomic E-state index is 5.76. The number of fused-ring (bicyclic) bond motifs is 1. The maximum atomic E-state index is 5.76. The lowest BCUT2D eigenvalue weighted by molar-refractivity contribution is 0.126. The number of nitrogens with one attached hydrogen (secondary N) is 1. The van der Waals surface area contributed by atoms with E-state index in [2.05, 4.69) is 10.3 Å². The van der Waals surface area contributed by atoms with E-state index in [0.717, 1.165) is 24.1 Å². The molecule has 0 amide bonds. The number of aryl methyl sites for hydroxylation is 1. The smallest absolute Gasteiger partial charge is 0.297 e. The van der Waals surface area contributed by atoms with Gasteiger partial charge in [-0.05, 0) is 12.1 Å². The number of nitrogens with zero attached hydrogens (tertiary/aromatic N) is 2. The number of aromatic nitrogens is 2. The van der Waals surface area contributed by atoms with Gasteiger partial charge in [-0.1, -0.05) is 12.1 Å². The highest BCUT2D eigenvalue weighted by atomic mass is 16.5. The van der Waals surface area contributed by atoms with Gasteiger partial charge in [0.2, 0.25) is 0 Å². The van der Waals surface area contributed by atoms with Gasteiger partial charge in [0, 0.05) is 20.1 Å². The first kappa shape index (κ1) is 8.73. The first-order valence-corrected chi connectivity index (χ1v) is 5.13. The van der Waals surface area contributed by atoms with E-state index in [9.17, 15) is 0 Å². The Hall–Kier alpha value is -1.55. The van der Waals surface area contributed by atoms with Gasteiger partial charge in [0.25, 0.3) is 6.01 Å². The molecule has 2 heterocycles. The van der Waals surface area contributed by atoms with Gasteiger partial charge in [-0.2, -0.15) is 4.98 Å². The van der Waals surface area contributed by atoms with Crippen molar-refractivity contribution in [2.24, 2.45) is 7.05 Å². The van der Waals surface area contributed by atoms with Crippen molar-refractivity contribution >= 4 is 11.0 Å². The Bertz CT molecular complexity index is 488. The summed E-state index contributed by atoms with van der Waals surface area (Å²) in [6.07, 6.45) is 0.278. The summed E-state index contributed by atoms with van der Waals surface area (Å²) >= 11 is 0. The first-order chi connectivity index (χ1) is 7.34. The Morgan fingerprint density at radius 3 is 2.87 bits per heavy atom. The Labute approximate surface area is 87.9 Å². The lowest BCUT2D eigenvalue weighted by atomic mass is 10.2. The van der Waals surface area contributed by atoms with Gasteiger partial charge < -0.3 is 10.1 Å². The van der Waals surface area contributed by atoms with Crippen molar-refractivity contribution in [3.8, 4) is 6.01 Å². The van der Waals surface area contributed by atoms with E-state index in [4.69, 9.17) is 4.74 Å². The Morgan fingerprint density at radius 1 is 1.40 bits per heavy atom. The fourth-order valence-corrected chi connectivity index (χ4v) is 1.72. The molecule has 1 saturated heterocycles. The number of hydrogen-bond donors (Lipinski definition) is 1. The van der Waals surface area contributed by atoms with E-state index in [1.54, 1.807) is 0 Å². The van der Waals surface area contributed by atoms with Crippen molar-refractivity contribution in [1.29, 1.82) is 0 Å². The van der Waals surface area contributed by atoms with Crippen LogP contribution < -0.4 is 10.1 Å². The molecule has 1 N–H and O–H groups in total. The van der Waals surface area contributed by atoms with E-state index < -0.39 is 0 Å². The zero-order valence-corrected chi connectivity index (χ0v) is 8.60. The minimum atomic E-state index is 0.278. The second kappa shape index (κ2) is 3.24. The van der Waals surface area contributed by atoms with Crippen molar-refractivity contribution in [2.45, 2.75) is 6.10 Å². The van der Waals surface area contributed by atoms with Crippen molar-refractivity contribution in [1.82, 2.24) is 14.9 Å². The van der Waals surface area contributed by atoms with Gasteiger partial charge in [-0.3, -0.25) is 4.57 Å². The van der Waals surface area contributed by atoms with Gasteiger partial charge in [0.15, 0.2) is 0 Å². The Morgan fingerprint density at radius 2 is 2.20 bits per heavy atom. The molecule has 4 nitrogen and oxygen atoms in total. The molecular formula is C11H13N3O. The molecule has 78 valence electrons. The van der Waals surface area contributed by atoms with Crippen LogP contribution >= 0.6 is 0 Å². The second-order valence-electron chi connectivity index (χ2n) is 3.84. The van der Waals surface area contributed by atoms with Gasteiger partial charge in [-0.15, -0.1) is 0 Å². The molecule has 1 aliphatic heterocycles. The van der Waals surface area contributed by atoms with Crippen LogP contribution in [0.15, 0.2) is 24.3 Å². The highest BCUT2D eigenvalue weighted by Gasteiger charge is 2.20. The molecule has 1 aromatic heterocycles. The summed E-state index contributed by atoms with van der Waals surface area (Å²) in [6, 6.07) is 8.76. The predicted octanol–water partition coefficient (Wildman–Crippen LogP) is 0.924. The number of benzene rings is 1. The predicted molar refractivity (Wildman–Crippen MR) is 58.0 cm³/mol. The van der Waals surface area contributed by atoms with Gasteiger partial charge in [0.1, 0.15) is 6.10 Å². The third-order valence-corrected chi connectivity index (χ3v) is 2.76. The maximum Gasteiger partial charge on any atom is 0.297 e. The third kappa shape index (κ3) is 1.37. The van der Waals surface area contributed by atoms with Crippen molar-refractivity contribution in [3.05, 3.63) is 24.3 Å². The summed E-state index contributed by atoms with van der Waals surface area (Å²) in [6.45, 7) is 1.84. The van der Waals surface area contributed by atoms with Crippen LogP contribution in [0.4, 0.5) is 0 Å². The summed E-state index contributed by atoms with van der Waals surface area (Å²) in [4.78, 5) is 4.45. The zero-order chi connectivity index (χ0) is 10.3. The molecule has 1 aliphatic rings. The average molecular weight is 203 g/mol. The summed E-state index contributed by atoms with van der Waals surface area (Å²) < 4.78 is 7.75. The number of ether oxygens (including phenoxy) is 1. The van der Waals surface area contributed by atoms with Crippen LogP contribution in [0.5, 0.6) is 6.01 Å². The van der Waals surface area contributed by atoms with Gasteiger partial charge in [0.05, 0.1) is 11.0 Å². The molecule has 0 radical (unpaired) electrons. The summed E-state index contributed by atoms with van der Waals surface area (Å²) in [5.74, 6) is 0. The third-order valence-electron chi connectivity index (χ3n) is 2.76. The molecule has 4 heteroatoms. The molecule has 0 atom stereocenters. The standard InChI is InChI=1S/C11H13N3O/c1-14-10-5-3-2-4-9(10)13-11(14)15-8-6-12-7-8/h2-5,8,12H,6-7H2,1H3. The van der Waals surface area contributed by atoms with E-state index in [1.165, 1.54) is 0 Å². The monoisotopic (exact) mass is 203 g/mol. The molecule has 0 unspecified atom stereocenters. The number of hydrogen-bond acceptors (Lipinski definition) is 3. The minimum Gasteiger partial charge on any atom is -0.459 e. The largest absolute Gasteiger partial charge is 0.459 e. The number of imidazole rings is 1. The van der Waals surface area contributed by atoms with E-state index in [1.807, 2.05) is 35.9 Å². The number of rotatable bonds is 2. The average Bonchev–Trinajstić information content (AvgIpc) is 2.51. The highest BCUT2D eigenvalue weighted by molar-refractivity contribution is 5.76. The second-order valence-corrected chi connectivity index (χ2v) is 3.84. The van der Waals surface area contributed by atoms with Gasteiger partial charge in [-0.25, -0.2) is 0 Å². The molecule has 1 fully saturated rings. The molecule has 1 aromatic carbocycles. The van der Waals surface area contributed by atoms with E-state index in [0.29, 0.717) is 6.01 Å². The molecule has 0 saturated carbocycles. The fraction of sp³-hybridized carbons (Fsp3) is 0.364. The molecule has 3 rings (SSSR count). The molecule has 15 heavy (non-hydrogen) atoms. The summed E-state index contributed by atoms with van der Waals surface area (Å²) in [7, 11) is 1.98. The van der Waals surface area contributed by atoms with E-state index >= 15 is 0 Å². The SMILES string of the molecule is Cn1c(OC2CNC2)nc2ccccc21. The minimum absolute atomic E-state index is 0.278. The fourth-order valence-electron chi connectivity index (χ4n) is 1.72. The topological polar surface area (TPSA) is 39.1 Å². The summed E-state index contributed by atoms with van der Waals surface area (Å²) in [5, 5.41) is 3.17. The van der Waals surface area contributed by atoms with Gasteiger partial charge >= 0.3 is 0 Å². The summed E-state index contributed by atoms with van der Waals surface area (Å²) in [5.41, 5.74) is 2.10. The highest BCUT2D eigenvalue weighted by Crippen LogP contribution is 2.20. The van der Waals surface area contributed by atoms with Crippen LogP contribution in [0, 0.1) is 0 Å². The lowest BCUT2D eigenvalue weighted by Gasteiger charge is -2.26. The van der Waals surface area contributed by atoms with Crippen LogP contribution in [0.1, 0.15) is 0 Å². The van der Waals surface area contributed by atoms with Crippen molar-refractivity contribution in [2.75, 3.05) is 13.1 Å². The first-order valence-electron chi connectivity index (χ1n) is 5.13. The molecule has 0 spiro atoms. The molecule has 2 aromatic rings. The molecular weight excluding hydrogens is 190 g/mol. The molecule has 0 aliphatic carbocycles. The van der Waals surface area contributed by atoms with E-state index in [-0.39, 0.29) is 6.10 Å². The van der Waals surface area contributed by atoms with Crippen LogP contribution in [0.25, 0.3) is 11.0 Å². The Balaban J connectivity index is 1.99. The quantitative estimate of drug-likeness (QED) is 0.789. The molecule has 0 bridgehead atoms. The zero-order valence-electron chi connectivity index (χ0n) is 8.60. The van der Waals surface area contributed by atoms with Crippen LogP contribution in [0.3, 0.4) is 0 Å². The van der Waals surface area contributed by atoms with Crippen molar-refractivity contribution < 1.29 is 4.74 Å². The normalized spacial score (nSPS) is 16.6. The van der Waals surface area contributed by atoms with Crippen LogP contribution in [0.2, 0.25) is 0 Å².